The fourth-order valence-corrected chi connectivity index (χ4v) is 4.65. The molecular formula is C26H32N4O5S. The highest BCUT2D eigenvalue weighted by atomic mass is 32.2. The number of anilines is 1. The number of aryl methyl sites for hydroxylation is 1. The van der Waals surface area contributed by atoms with Crippen molar-refractivity contribution in [3.63, 3.8) is 0 Å². The van der Waals surface area contributed by atoms with Crippen molar-refractivity contribution in [2.45, 2.75) is 24.3 Å². The molecule has 3 heterocycles. The number of benzene rings is 1. The van der Waals surface area contributed by atoms with Gasteiger partial charge in [0.15, 0.2) is 22.4 Å². The first kappa shape index (κ1) is 25.8. The Morgan fingerprint density at radius 3 is 2.61 bits per heavy atom. The van der Waals surface area contributed by atoms with Crippen LogP contribution in [0, 0.1) is 6.92 Å². The van der Waals surface area contributed by atoms with Crippen molar-refractivity contribution in [2.24, 2.45) is 0 Å². The van der Waals surface area contributed by atoms with Crippen LogP contribution in [0.15, 0.2) is 46.0 Å². The molecule has 1 amide bonds. The van der Waals surface area contributed by atoms with Crippen LogP contribution in [0.2, 0.25) is 0 Å². The number of hydrogen-bond acceptors (Lipinski definition) is 9. The molecule has 3 aromatic rings. The zero-order chi connectivity index (χ0) is 25.5. The fraction of sp³-hybridized carbons (Fsp3) is 0.423. The molecule has 0 unspecified atom stereocenters. The van der Waals surface area contributed by atoms with Crippen LogP contribution < -0.4 is 14.4 Å². The quantitative estimate of drug-likeness (QED) is 0.297. The van der Waals surface area contributed by atoms with E-state index in [0.29, 0.717) is 48.7 Å². The summed E-state index contributed by atoms with van der Waals surface area (Å²) in [5.41, 5.74) is 2.04. The van der Waals surface area contributed by atoms with Crippen LogP contribution in [0.5, 0.6) is 11.5 Å². The molecular weight excluding hydrogens is 480 g/mol. The van der Waals surface area contributed by atoms with Crippen molar-refractivity contribution < 1.29 is 23.4 Å². The maximum absolute atomic E-state index is 12.6. The third-order valence-electron chi connectivity index (χ3n) is 5.91. The van der Waals surface area contributed by atoms with Crippen molar-refractivity contribution >= 4 is 23.5 Å². The summed E-state index contributed by atoms with van der Waals surface area (Å²) in [5, 5.41) is 0.667. The van der Waals surface area contributed by atoms with Crippen LogP contribution in [0.25, 0.3) is 0 Å². The van der Waals surface area contributed by atoms with Gasteiger partial charge in [-0.25, -0.2) is 9.97 Å². The second kappa shape index (κ2) is 12.1. The molecule has 10 heteroatoms. The summed E-state index contributed by atoms with van der Waals surface area (Å²) in [5.74, 6) is 3.80. The largest absolute Gasteiger partial charge is 0.493 e. The summed E-state index contributed by atoms with van der Waals surface area (Å²) in [6.45, 7) is 5.03. The van der Waals surface area contributed by atoms with Gasteiger partial charge >= 0.3 is 0 Å². The van der Waals surface area contributed by atoms with E-state index >= 15 is 0 Å². The number of thioether (sulfide) groups is 1. The van der Waals surface area contributed by atoms with E-state index < -0.39 is 0 Å². The molecule has 9 nitrogen and oxygen atoms in total. The minimum absolute atomic E-state index is 0.0975. The number of hydrogen-bond donors (Lipinski definition) is 0. The monoisotopic (exact) mass is 512 g/mol. The van der Waals surface area contributed by atoms with Crippen LogP contribution in [0.1, 0.15) is 27.6 Å². The van der Waals surface area contributed by atoms with Crippen LogP contribution in [-0.4, -0.2) is 74.9 Å². The average molecular weight is 513 g/mol. The highest BCUT2D eigenvalue weighted by molar-refractivity contribution is 7.98. The number of morpholine rings is 1. The van der Waals surface area contributed by atoms with Gasteiger partial charge in [-0.1, -0.05) is 17.8 Å². The van der Waals surface area contributed by atoms with E-state index in [1.807, 2.05) is 44.3 Å². The van der Waals surface area contributed by atoms with E-state index in [9.17, 15) is 4.79 Å². The Labute approximate surface area is 215 Å². The van der Waals surface area contributed by atoms with E-state index in [1.54, 1.807) is 25.2 Å². The van der Waals surface area contributed by atoms with Gasteiger partial charge in [0.25, 0.3) is 5.91 Å². The summed E-state index contributed by atoms with van der Waals surface area (Å²) in [4.78, 5) is 25.8. The Morgan fingerprint density at radius 2 is 1.86 bits per heavy atom. The molecule has 0 N–H and O–H groups in total. The smallest absolute Gasteiger partial charge is 0.289 e. The molecule has 0 atom stereocenters. The number of nitrogens with zero attached hydrogens (tertiary/aromatic N) is 4. The van der Waals surface area contributed by atoms with Crippen LogP contribution in [0.4, 0.5) is 5.82 Å². The molecule has 0 bridgehead atoms. The van der Waals surface area contributed by atoms with Crippen molar-refractivity contribution in [1.82, 2.24) is 14.9 Å². The Hall–Kier alpha value is -3.24. The van der Waals surface area contributed by atoms with E-state index in [2.05, 4.69) is 9.88 Å². The van der Waals surface area contributed by atoms with E-state index in [0.717, 1.165) is 41.5 Å². The second-order valence-corrected chi connectivity index (χ2v) is 9.41. The highest BCUT2D eigenvalue weighted by Gasteiger charge is 2.21. The Morgan fingerprint density at radius 1 is 1.08 bits per heavy atom. The Kier molecular flexibility index (Phi) is 8.71. The van der Waals surface area contributed by atoms with Gasteiger partial charge in [0, 0.05) is 38.4 Å². The molecule has 192 valence electrons. The van der Waals surface area contributed by atoms with Crippen molar-refractivity contribution in [2.75, 3.05) is 59.0 Å². The molecule has 36 heavy (non-hydrogen) atoms. The lowest BCUT2D eigenvalue weighted by molar-refractivity contribution is 0.0282. The summed E-state index contributed by atoms with van der Waals surface area (Å²) >= 11 is 1.49. The molecule has 0 radical (unpaired) electrons. The lowest BCUT2D eigenvalue weighted by Gasteiger charge is -2.25. The molecule has 1 aliphatic heterocycles. The minimum atomic E-state index is -0.0975. The zero-order valence-electron chi connectivity index (χ0n) is 21.2. The number of amides is 1. The molecule has 2 aromatic heterocycles. The predicted molar refractivity (Wildman–Crippen MR) is 138 cm³/mol. The van der Waals surface area contributed by atoms with Gasteiger partial charge in [-0.15, -0.1) is 0 Å². The molecule has 1 saturated heterocycles. The lowest BCUT2D eigenvalue weighted by atomic mass is 10.1. The minimum Gasteiger partial charge on any atom is -0.493 e. The number of rotatable bonds is 10. The maximum Gasteiger partial charge on any atom is 0.289 e. The van der Waals surface area contributed by atoms with Gasteiger partial charge in [0.1, 0.15) is 11.6 Å². The molecule has 1 aromatic carbocycles. The first-order chi connectivity index (χ1) is 17.5. The average Bonchev–Trinajstić information content (AvgIpc) is 3.39. The van der Waals surface area contributed by atoms with Gasteiger partial charge in [0.2, 0.25) is 0 Å². The zero-order valence-corrected chi connectivity index (χ0v) is 22.0. The first-order valence-corrected chi connectivity index (χ1v) is 12.8. The van der Waals surface area contributed by atoms with E-state index in [4.69, 9.17) is 23.6 Å². The fourth-order valence-electron chi connectivity index (χ4n) is 3.86. The van der Waals surface area contributed by atoms with E-state index in [-0.39, 0.29) is 5.91 Å². The molecule has 0 spiro atoms. The number of carbonyl (C=O) groups excluding carboxylic acids is 1. The standard InChI is InChI=1S/C26H32N4O5S/c1-18-15-24(29(2)10-9-19-5-7-21(32-3)23(16-19)33-4)28-26(27-18)36-17-20-6-8-22(35-20)25(31)30-11-13-34-14-12-30/h5-8,15-16H,9-14,17H2,1-4H3. The van der Waals surface area contributed by atoms with Gasteiger partial charge in [-0.3, -0.25) is 4.79 Å². The Bertz CT molecular complexity index is 1180. The number of methoxy groups -OCH3 is 2. The van der Waals surface area contributed by atoms with Crippen LogP contribution >= 0.6 is 11.8 Å². The molecule has 1 fully saturated rings. The lowest BCUT2D eigenvalue weighted by Crippen LogP contribution is -2.40. The summed E-state index contributed by atoms with van der Waals surface area (Å²) in [6.07, 6.45) is 0.828. The summed E-state index contributed by atoms with van der Waals surface area (Å²) < 4.78 is 21.9. The van der Waals surface area contributed by atoms with Crippen LogP contribution in [0.3, 0.4) is 0 Å². The van der Waals surface area contributed by atoms with Crippen molar-refractivity contribution in [3.8, 4) is 11.5 Å². The predicted octanol–water partition coefficient (Wildman–Crippen LogP) is 3.84. The normalized spacial score (nSPS) is 13.5. The van der Waals surface area contributed by atoms with Crippen LogP contribution in [-0.2, 0) is 16.9 Å². The number of likely N-dealkylation sites (N-methyl/N-ethyl adjacent to an activating group) is 1. The van der Waals surface area contributed by atoms with Gasteiger partial charge in [-0.05, 0) is 43.2 Å². The maximum atomic E-state index is 12.6. The molecule has 0 aliphatic carbocycles. The third-order valence-corrected chi connectivity index (χ3v) is 6.78. The van der Waals surface area contributed by atoms with E-state index in [1.165, 1.54) is 11.8 Å². The summed E-state index contributed by atoms with van der Waals surface area (Å²) in [6, 6.07) is 11.5. The van der Waals surface area contributed by atoms with Gasteiger partial charge in [0.05, 0.1) is 33.2 Å². The van der Waals surface area contributed by atoms with Crippen molar-refractivity contribution in [3.05, 3.63) is 59.2 Å². The van der Waals surface area contributed by atoms with Gasteiger partial charge < -0.3 is 28.4 Å². The SMILES string of the molecule is COc1ccc(CCN(C)c2cc(C)nc(SCc3ccc(C(=O)N4CCOCC4)o3)n2)cc1OC. The third kappa shape index (κ3) is 6.50. The second-order valence-electron chi connectivity index (χ2n) is 8.47. The molecule has 1 aliphatic rings. The number of carbonyl (C=O) groups is 1. The highest BCUT2D eigenvalue weighted by Crippen LogP contribution is 2.28. The summed E-state index contributed by atoms with van der Waals surface area (Å²) in [7, 11) is 5.29. The number of aromatic nitrogens is 2. The number of furan rings is 1. The van der Waals surface area contributed by atoms with Gasteiger partial charge in [-0.2, -0.15) is 0 Å². The topological polar surface area (TPSA) is 90.2 Å². The first-order valence-electron chi connectivity index (χ1n) is 11.8. The molecule has 4 rings (SSSR count). The van der Waals surface area contributed by atoms with Crippen molar-refractivity contribution in [1.29, 1.82) is 0 Å². The Balaban J connectivity index is 1.35. The molecule has 0 saturated carbocycles. The number of ether oxygens (including phenoxy) is 3.